The van der Waals surface area contributed by atoms with Crippen molar-refractivity contribution in [1.82, 2.24) is 10.2 Å². The smallest absolute Gasteiger partial charge is 0.406 e. The van der Waals surface area contributed by atoms with Crippen molar-refractivity contribution in [2.75, 3.05) is 26.2 Å². The number of piperazine rings is 1. The molecule has 0 spiro atoms. The maximum atomic E-state index is 12.2. The normalized spacial score (nSPS) is 21.2. The van der Waals surface area contributed by atoms with Gasteiger partial charge in [-0.15, -0.1) is 25.6 Å². The van der Waals surface area contributed by atoms with Crippen LogP contribution in [-0.2, 0) is 0 Å². The minimum Gasteiger partial charge on any atom is -0.406 e. The number of nitrogens with one attached hydrogen (secondary N) is 1. The standard InChI is InChI=1S/C16H21F3N2O.ClH/c17-16(18,19)22-14-6-4-13(5-7-14)15(12-2-1-3-12)21-10-8-20-9-11-21;/h4-7,12,15,20H,1-3,8-11H2;1H/t15-;/m1./s1. The first-order chi connectivity index (χ1) is 10.5. The maximum absolute atomic E-state index is 12.2. The van der Waals surface area contributed by atoms with Crippen LogP contribution in [0.2, 0.25) is 0 Å². The Morgan fingerprint density at radius 2 is 1.70 bits per heavy atom. The number of alkyl halides is 3. The van der Waals surface area contributed by atoms with Gasteiger partial charge in [-0.05, 0) is 36.5 Å². The minimum atomic E-state index is -4.63. The lowest BCUT2D eigenvalue weighted by molar-refractivity contribution is -0.274. The van der Waals surface area contributed by atoms with E-state index in [1.165, 1.54) is 31.4 Å². The molecule has 2 fully saturated rings. The summed E-state index contributed by atoms with van der Waals surface area (Å²) in [4.78, 5) is 2.46. The SMILES string of the molecule is Cl.FC(F)(F)Oc1ccc([C@@H](C2CCC2)N2CCNCC2)cc1. The quantitative estimate of drug-likeness (QED) is 0.895. The van der Waals surface area contributed by atoms with E-state index >= 15 is 0 Å². The molecule has 3 rings (SSSR count). The van der Waals surface area contributed by atoms with Crippen molar-refractivity contribution in [3.05, 3.63) is 29.8 Å². The third-order valence-electron chi connectivity index (χ3n) is 4.60. The molecular formula is C16H22ClF3N2O. The molecule has 1 N–H and O–H groups in total. The fourth-order valence-electron chi connectivity index (χ4n) is 3.36. The molecule has 1 saturated heterocycles. The van der Waals surface area contributed by atoms with Gasteiger partial charge < -0.3 is 10.1 Å². The van der Waals surface area contributed by atoms with Gasteiger partial charge in [0.1, 0.15) is 5.75 Å². The molecule has 0 bridgehead atoms. The molecule has 0 amide bonds. The summed E-state index contributed by atoms with van der Waals surface area (Å²) in [6.45, 7) is 3.92. The van der Waals surface area contributed by atoms with Crippen LogP contribution in [0.4, 0.5) is 13.2 Å². The zero-order chi connectivity index (χ0) is 15.6. The first kappa shape index (κ1) is 18.4. The highest BCUT2D eigenvalue weighted by Crippen LogP contribution is 2.42. The van der Waals surface area contributed by atoms with Gasteiger partial charge in [0.15, 0.2) is 0 Å². The zero-order valence-electron chi connectivity index (χ0n) is 12.8. The van der Waals surface area contributed by atoms with Gasteiger partial charge in [0.05, 0.1) is 0 Å². The molecule has 2 aliphatic rings. The van der Waals surface area contributed by atoms with Crippen LogP contribution in [0.5, 0.6) is 5.75 Å². The molecule has 23 heavy (non-hydrogen) atoms. The minimum absolute atomic E-state index is 0. The van der Waals surface area contributed by atoms with Gasteiger partial charge in [0, 0.05) is 32.2 Å². The summed E-state index contributed by atoms with van der Waals surface area (Å²) >= 11 is 0. The van der Waals surface area contributed by atoms with E-state index in [-0.39, 0.29) is 18.2 Å². The lowest BCUT2D eigenvalue weighted by Gasteiger charge is -2.43. The van der Waals surface area contributed by atoms with Crippen LogP contribution in [0, 0.1) is 5.92 Å². The zero-order valence-corrected chi connectivity index (χ0v) is 13.6. The van der Waals surface area contributed by atoms with Crippen LogP contribution in [0.1, 0.15) is 30.9 Å². The van der Waals surface area contributed by atoms with Crippen LogP contribution in [-0.4, -0.2) is 37.4 Å². The number of nitrogens with zero attached hydrogens (tertiary/aromatic N) is 1. The summed E-state index contributed by atoms with van der Waals surface area (Å²) in [5.41, 5.74) is 1.10. The fraction of sp³-hybridized carbons (Fsp3) is 0.625. The first-order valence-electron chi connectivity index (χ1n) is 7.83. The number of halogens is 4. The molecule has 1 aromatic rings. The molecule has 1 aromatic carbocycles. The Morgan fingerprint density at radius 3 is 2.17 bits per heavy atom. The van der Waals surface area contributed by atoms with Crippen molar-refractivity contribution in [3.63, 3.8) is 0 Å². The summed E-state index contributed by atoms with van der Waals surface area (Å²) in [5.74, 6) is 0.469. The van der Waals surface area contributed by atoms with E-state index in [4.69, 9.17) is 0 Å². The van der Waals surface area contributed by atoms with Crippen LogP contribution >= 0.6 is 12.4 Å². The third kappa shape index (κ3) is 4.75. The predicted molar refractivity (Wildman–Crippen MR) is 84.9 cm³/mol. The molecule has 1 aliphatic carbocycles. The Bertz CT molecular complexity index is 485. The monoisotopic (exact) mass is 350 g/mol. The average Bonchev–Trinajstić information content (AvgIpc) is 2.43. The van der Waals surface area contributed by atoms with Crippen LogP contribution < -0.4 is 10.1 Å². The molecule has 1 aliphatic heterocycles. The van der Waals surface area contributed by atoms with E-state index in [0.29, 0.717) is 12.0 Å². The lowest BCUT2D eigenvalue weighted by atomic mass is 9.76. The maximum Gasteiger partial charge on any atom is 0.573 e. The largest absolute Gasteiger partial charge is 0.573 e. The van der Waals surface area contributed by atoms with E-state index in [1.807, 2.05) is 0 Å². The van der Waals surface area contributed by atoms with Gasteiger partial charge in [0.2, 0.25) is 0 Å². The van der Waals surface area contributed by atoms with Gasteiger partial charge in [-0.1, -0.05) is 18.6 Å². The molecule has 0 aromatic heterocycles. The van der Waals surface area contributed by atoms with Crippen LogP contribution in [0.25, 0.3) is 0 Å². The van der Waals surface area contributed by atoms with Crippen LogP contribution in [0.15, 0.2) is 24.3 Å². The summed E-state index contributed by atoms with van der Waals surface area (Å²) in [6, 6.07) is 6.74. The van der Waals surface area contributed by atoms with E-state index in [2.05, 4.69) is 15.0 Å². The van der Waals surface area contributed by atoms with Crippen molar-refractivity contribution >= 4 is 12.4 Å². The van der Waals surface area contributed by atoms with E-state index in [1.54, 1.807) is 12.1 Å². The second-order valence-corrected chi connectivity index (χ2v) is 6.04. The van der Waals surface area contributed by atoms with Crippen molar-refractivity contribution in [2.45, 2.75) is 31.7 Å². The molecule has 3 nitrogen and oxygen atoms in total. The Morgan fingerprint density at radius 1 is 1.09 bits per heavy atom. The van der Waals surface area contributed by atoms with E-state index < -0.39 is 6.36 Å². The number of hydrogen-bond acceptors (Lipinski definition) is 3. The Hall–Kier alpha value is -0.980. The second kappa shape index (κ2) is 7.73. The predicted octanol–water partition coefficient (Wildman–Crippen LogP) is 3.75. The molecule has 1 atom stereocenters. The molecule has 1 heterocycles. The number of ether oxygens (including phenoxy) is 1. The highest BCUT2D eigenvalue weighted by atomic mass is 35.5. The molecule has 7 heteroatoms. The highest BCUT2D eigenvalue weighted by Gasteiger charge is 2.34. The summed E-state index contributed by atoms with van der Waals surface area (Å²) < 4.78 is 40.7. The van der Waals surface area contributed by atoms with Crippen LogP contribution in [0.3, 0.4) is 0 Å². The Labute approximate surface area is 140 Å². The van der Waals surface area contributed by atoms with E-state index in [0.717, 1.165) is 31.7 Å². The van der Waals surface area contributed by atoms with E-state index in [9.17, 15) is 13.2 Å². The molecule has 1 saturated carbocycles. The van der Waals surface area contributed by atoms with Gasteiger partial charge >= 0.3 is 6.36 Å². The molecule has 0 unspecified atom stereocenters. The summed E-state index contributed by atoms with van der Waals surface area (Å²) in [5, 5.41) is 3.34. The number of benzene rings is 1. The fourth-order valence-corrected chi connectivity index (χ4v) is 3.36. The van der Waals surface area contributed by atoms with Crippen molar-refractivity contribution in [2.24, 2.45) is 5.92 Å². The van der Waals surface area contributed by atoms with Gasteiger partial charge in [-0.2, -0.15) is 0 Å². The van der Waals surface area contributed by atoms with Gasteiger partial charge in [-0.25, -0.2) is 0 Å². The molecule has 130 valence electrons. The third-order valence-corrected chi connectivity index (χ3v) is 4.60. The average molecular weight is 351 g/mol. The Kier molecular flexibility index (Phi) is 6.17. The Balaban J connectivity index is 0.00000192. The molecule has 0 radical (unpaired) electrons. The van der Waals surface area contributed by atoms with Crippen molar-refractivity contribution in [1.29, 1.82) is 0 Å². The summed E-state index contributed by atoms with van der Waals surface area (Å²) in [7, 11) is 0. The van der Waals surface area contributed by atoms with Gasteiger partial charge in [-0.3, -0.25) is 4.90 Å². The second-order valence-electron chi connectivity index (χ2n) is 6.04. The molecular weight excluding hydrogens is 329 g/mol. The highest BCUT2D eigenvalue weighted by molar-refractivity contribution is 5.85. The lowest BCUT2D eigenvalue weighted by Crippen LogP contribution is -2.47. The topological polar surface area (TPSA) is 24.5 Å². The first-order valence-corrected chi connectivity index (χ1v) is 7.83. The van der Waals surface area contributed by atoms with Gasteiger partial charge in [0.25, 0.3) is 0 Å². The number of hydrogen-bond donors (Lipinski definition) is 1. The van der Waals surface area contributed by atoms with Crippen molar-refractivity contribution < 1.29 is 17.9 Å². The van der Waals surface area contributed by atoms with Crippen molar-refractivity contribution in [3.8, 4) is 5.75 Å². The summed E-state index contributed by atoms with van der Waals surface area (Å²) in [6.07, 6.45) is -0.971. The number of rotatable bonds is 4.